The van der Waals surface area contributed by atoms with E-state index in [9.17, 15) is 0 Å². The highest BCUT2D eigenvalue weighted by molar-refractivity contribution is 9.10. The maximum Gasteiger partial charge on any atom is 0.0541 e. The number of thiophene rings is 1. The molecule has 0 aliphatic carbocycles. The number of aromatic nitrogens is 1. The molecule has 0 spiro atoms. The predicted molar refractivity (Wildman–Crippen MR) is 137 cm³/mol. The average molecular weight is 480 g/mol. The first kappa shape index (κ1) is 18.6. The van der Waals surface area contributed by atoms with Crippen LogP contribution in [0, 0.1) is 0 Å². The molecule has 6 rings (SSSR count). The van der Waals surface area contributed by atoms with Crippen molar-refractivity contribution in [2.45, 2.75) is 0 Å². The molecule has 0 saturated heterocycles. The molecule has 0 unspecified atom stereocenters. The highest BCUT2D eigenvalue weighted by Crippen LogP contribution is 2.37. The second-order valence-corrected chi connectivity index (χ2v) is 9.59. The van der Waals surface area contributed by atoms with E-state index < -0.39 is 0 Å². The summed E-state index contributed by atoms with van der Waals surface area (Å²) in [6.45, 7) is 0. The Balaban J connectivity index is 1.51. The van der Waals surface area contributed by atoms with Crippen molar-refractivity contribution in [3.63, 3.8) is 0 Å². The summed E-state index contributed by atoms with van der Waals surface area (Å²) in [5.41, 5.74) is 6.14. The Bertz CT molecular complexity index is 1540. The first-order chi connectivity index (χ1) is 15.3. The van der Waals surface area contributed by atoms with Gasteiger partial charge < -0.3 is 4.57 Å². The van der Waals surface area contributed by atoms with Gasteiger partial charge in [-0.3, -0.25) is 0 Å². The van der Waals surface area contributed by atoms with Crippen LogP contribution in [-0.2, 0) is 0 Å². The van der Waals surface area contributed by atoms with Gasteiger partial charge in [-0.2, -0.15) is 0 Å². The van der Waals surface area contributed by atoms with Crippen molar-refractivity contribution < 1.29 is 0 Å². The van der Waals surface area contributed by atoms with Gasteiger partial charge in [-0.15, -0.1) is 11.3 Å². The van der Waals surface area contributed by atoms with Crippen LogP contribution >= 0.6 is 27.3 Å². The molecule has 0 saturated carbocycles. The summed E-state index contributed by atoms with van der Waals surface area (Å²) in [5, 5.41) is 2.53. The highest BCUT2D eigenvalue weighted by atomic mass is 79.9. The molecule has 6 aromatic rings. The summed E-state index contributed by atoms with van der Waals surface area (Å²) in [6.07, 6.45) is 0. The van der Waals surface area contributed by atoms with Gasteiger partial charge in [-0.1, -0.05) is 76.6 Å². The van der Waals surface area contributed by atoms with E-state index in [1.807, 2.05) is 11.3 Å². The van der Waals surface area contributed by atoms with Gasteiger partial charge in [-0.05, 0) is 59.7 Å². The van der Waals surface area contributed by atoms with Crippen LogP contribution in [0.25, 0.3) is 48.4 Å². The minimum atomic E-state index is 1.10. The molecule has 4 aromatic carbocycles. The van der Waals surface area contributed by atoms with E-state index >= 15 is 0 Å². The average Bonchev–Trinajstić information content (AvgIpc) is 3.43. The summed E-state index contributed by atoms with van der Waals surface area (Å²) in [7, 11) is 0. The monoisotopic (exact) mass is 479 g/mol. The number of rotatable bonds is 3. The molecule has 0 bridgehead atoms. The fourth-order valence-corrected chi connectivity index (χ4v) is 5.64. The molecule has 0 N–H and O–H groups in total. The Hall–Kier alpha value is -3.14. The van der Waals surface area contributed by atoms with Crippen LogP contribution in [0.15, 0.2) is 114 Å². The largest absolute Gasteiger partial charge is 0.309 e. The van der Waals surface area contributed by atoms with Crippen LogP contribution in [0.3, 0.4) is 0 Å². The molecule has 1 nitrogen and oxygen atoms in total. The highest BCUT2D eigenvalue weighted by Gasteiger charge is 2.13. The van der Waals surface area contributed by atoms with E-state index in [0.717, 1.165) is 4.47 Å². The summed E-state index contributed by atoms with van der Waals surface area (Å²) >= 11 is 5.48. The number of para-hydroxylation sites is 1. The topological polar surface area (TPSA) is 4.93 Å². The van der Waals surface area contributed by atoms with Crippen LogP contribution in [0.2, 0.25) is 0 Å². The predicted octanol–water partition coefficient (Wildman–Crippen LogP) is 8.94. The van der Waals surface area contributed by atoms with Crippen molar-refractivity contribution in [2.75, 3.05) is 0 Å². The molecule has 2 aromatic heterocycles. The Morgan fingerprint density at radius 1 is 0.548 bits per heavy atom. The third kappa shape index (κ3) is 3.21. The van der Waals surface area contributed by atoms with Gasteiger partial charge in [-0.25, -0.2) is 0 Å². The minimum absolute atomic E-state index is 1.10. The molecule has 2 heterocycles. The quantitative estimate of drug-likeness (QED) is 0.238. The van der Waals surface area contributed by atoms with Gasteiger partial charge in [0.05, 0.1) is 11.0 Å². The number of nitrogens with zero attached hydrogens (tertiary/aromatic N) is 1. The number of benzene rings is 4. The zero-order valence-corrected chi connectivity index (χ0v) is 19.0. The van der Waals surface area contributed by atoms with Crippen LogP contribution in [0.5, 0.6) is 0 Å². The Morgan fingerprint density at radius 2 is 1.26 bits per heavy atom. The van der Waals surface area contributed by atoms with Gasteiger partial charge in [0.25, 0.3) is 0 Å². The lowest BCUT2D eigenvalue weighted by atomic mass is 10.1. The van der Waals surface area contributed by atoms with Crippen molar-refractivity contribution in [3.8, 4) is 26.6 Å². The van der Waals surface area contributed by atoms with E-state index in [-0.39, 0.29) is 0 Å². The molecule has 0 aliphatic heterocycles. The standard InChI is InChI=1S/C28H18BrNS/c29-21-13-14-26-24(18-21)23-11-4-5-12-25(23)30(26)22-10-6-9-20(17-22)28-16-15-27(31-28)19-7-2-1-3-8-19/h1-18H. The lowest BCUT2D eigenvalue weighted by molar-refractivity contribution is 1.18. The van der Waals surface area contributed by atoms with Crippen molar-refractivity contribution >= 4 is 49.1 Å². The van der Waals surface area contributed by atoms with Crippen LogP contribution < -0.4 is 0 Å². The summed E-state index contributed by atoms with van der Waals surface area (Å²) in [5.74, 6) is 0. The lowest BCUT2D eigenvalue weighted by Crippen LogP contribution is -1.93. The SMILES string of the molecule is Brc1ccc2c(c1)c1ccccc1n2-c1cccc(-c2ccc(-c3ccccc3)s2)c1. The zero-order valence-electron chi connectivity index (χ0n) is 16.6. The number of fused-ring (bicyclic) bond motifs is 3. The summed E-state index contributed by atoms with van der Waals surface area (Å²) in [6, 6.07) is 39.1. The molecule has 0 fully saturated rings. The van der Waals surface area contributed by atoms with Gasteiger partial charge >= 0.3 is 0 Å². The number of hydrogen-bond donors (Lipinski definition) is 0. The molecule has 0 atom stereocenters. The Labute approximate surface area is 193 Å². The Kier molecular flexibility index (Phi) is 4.52. The Morgan fingerprint density at radius 3 is 2.13 bits per heavy atom. The van der Waals surface area contributed by atoms with Crippen LogP contribution in [0.4, 0.5) is 0 Å². The van der Waals surface area contributed by atoms with E-state index in [2.05, 4.69) is 130 Å². The van der Waals surface area contributed by atoms with Crippen molar-refractivity contribution in [2.24, 2.45) is 0 Å². The third-order valence-electron chi connectivity index (χ3n) is 5.69. The van der Waals surface area contributed by atoms with Gasteiger partial charge in [0.1, 0.15) is 0 Å². The van der Waals surface area contributed by atoms with Gasteiger partial charge in [0.2, 0.25) is 0 Å². The van der Waals surface area contributed by atoms with Gasteiger partial charge in [0, 0.05) is 30.7 Å². The number of hydrogen-bond acceptors (Lipinski definition) is 1. The second kappa shape index (κ2) is 7.52. The lowest BCUT2D eigenvalue weighted by Gasteiger charge is -2.09. The molecular formula is C28H18BrNS. The number of halogens is 1. The fraction of sp³-hybridized carbons (Fsp3) is 0. The second-order valence-electron chi connectivity index (χ2n) is 7.59. The van der Waals surface area contributed by atoms with Crippen molar-refractivity contribution in [1.29, 1.82) is 0 Å². The molecule has 3 heteroatoms. The first-order valence-corrected chi connectivity index (χ1v) is 11.8. The first-order valence-electron chi connectivity index (χ1n) is 10.2. The fourth-order valence-electron chi connectivity index (χ4n) is 4.27. The maximum absolute atomic E-state index is 3.64. The van der Waals surface area contributed by atoms with Crippen LogP contribution in [0.1, 0.15) is 0 Å². The van der Waals surface area contributed by atoms with E-state index in [1.165, 1.54) is 48.4 Å². The molecule has 148 valence electrons. The van der Waals surface area contributed by atoms with E-state index in [4.69, 9.17) is 0 Å². The normalized spacial score (nSPS) is 11.4. The maximum atomic E-state index is 3.64. The molecule has 0 radical (unpaired) electrons. The van der Waals surface area contributed by atoms with Gasteiger partial charge in [0.15, 0.2) is 0 Å². The van der Waals surface area contributed by atoms with Crippen molar-refractivity contribution in [1.82, 2.24) is 4.57 Å². The smallest absolute Gasteiger partial charge is 0.0541 e. The van der Waals surface area contributed by atoms with E-state index in [1.54, 1.807) is 0 Å². The molecular weight excluding hydrogens is 462 g/mol. The molecule has 31 heavy (non-hydrogen) atoms. The summed E-state index contributed by atoms with van der Waals surface area (Å²) in [4.78, 5) is 2.58. The van der Waals surface area contributed by atoms with Crippen LogP contribution in [-0.4, -0.2) is 4.57 Å². The molecule has 0 amide bonds. The van der Waals surface area contributed by atoms with Crippen molar-refractivity contribution in [3.05, 3.63) is 114 Å². The minimum Gasteiger partial charge on any atom is -0.309 e. The van der Waals surface area contributed by atoms with E-state index in [0.29, 0.717) is 0 Å². The molecule has 0 aliphatic rings. The third-order valence-corrected chi connectivity index (χ3v) is 7.36. The summed E-state index contributed by atoms with van der Waals surface area (Å²) < 4.78 is 3.47. The zero-order chi connectivity index (χ0) is 20.8.